The molecule has 0 saturated carbocycles. The number of ether oxygens (including phenoxy) is 1. The van der Waals surface area contributed by atoms with Crippen LogP contribution >= 0.6 is 0 Å². The molecule has 0 amide bonds. The lowest BCUT2D eigenvalue weighted by molar-refractivity contribution is -0.145. The van der Waals surface area contributed by atoms with E-state index in [2.05, 4.69) is 0 Å². The summed E-state index contributed by atoms with van der Waals surface area (Å²) in [6.45, 7) is 8.62. The Morgan fingerprint density at radius 3 is 2.27 bits per heavy atom. The van der Waals surface area contributed by atoms with Crippen LogP contribution < -0.4 is 0 Å². The average molecular weight is 158 g/mol. The second-order valence-electron chi connectivity index (χ2n) is 3.96. The molecule has 2 heteroatoms. The first kappa shape index (κ1) is 10.5. The van der Waals surface area contributed by atoms with Gasteiger partial charge in [-0.1, -0.05) is 27.7 Å². The highest BCUT2D eigenvalue weighted by Crippen LogP contribution is 2.18. The third-order valence-electron chi connectivity index (χ3n) is 1.14. The van der Waals surface area contributed by atoms with Crippen LogP contribution in [0.2, 0.25) is 0 Å². The van der Waals surface area contributed by atoms with Crippen molar-refractivity contribution in [2.45, 2.75) is 40.5 Å². The number of hydrogen-bond acceptors (Lipinski definition) is 2. The number of carbonyl (C=O) groups excluding carboxylic acids is 1. The van der Waals surface area contributed by atoms with E-state index in [-0.39, 0.29) is 11.4 Å². The largest absolute Gasteiger partial charge is 0.466 e. The van der Waals surface area contributed by atoms with Crippen molar-refractivity contribution < 1.29 is 9.53 Å². The van der Waals surface area contributed by atoms with Gasteiger partial charge in [0.25, 0.3) is 0 Å². The number of rotatable bonds is 3. The molecule has 0 aliphatic carbocycles. The first-order valence-electron chi connectivity index (χ1n) is 4.11. The summed E-state index contributed by atoms with van der Waals surface area (Å²) in [5.74, 6) is -0.0839. The van der Waals surface area contributed by atoms with Crippen LogP contribution in [0.5, 0.6) is 0 Å². The second kappa shape index (κ2) is 4.37. The van der Waals surface area contributed by atoms with Crippen LogP contribution in [-0.4, -0.2) is 12.6 Å². The number of esters is 1. The lowest BCUT2D eigenvalue weighted by atomic mass is 9.92. The molecule has 0 unspecified atom stereocenters. The Morgan fingerprint density at radius 1 is 1.36 bits per heavy atom. The molecule has 66 valence electrons. The van der Waals surface area contributed by atoms with Crippen molar-refractivity contribution in [1.29, 1.82) is 0 Å². The lowest BCUT2D eigenvalue weighted by Crippen LogP contribution is -2.15. The molecule has 11 heavy (non-hydrogen) atoms. The summed E-state index contributed by atoms with van der Waals surface area (Å²) in [6, 6.07) is 0. The average Bonchev–Trinajstić information content (AvgIpc) is 1.79. The smallest absolute Gasteiger partial charge is 0.306 e. The maximum Gasteiger partial charge on any atom is 0.306 e. The third kappa shape index (κ3) is 7.37. The standard InChI is InChI=1S/C9H18O2/c1-5-6-11-8(10)7-9(2,3)4/h5-7H2,1-4H3. The second-order valence-corrected chi connectivity index (χ2v) is 3.96. The van der Waals surface area contributed by atoms with E-state index in [1.165, 1.54) is 0 Å². The molecule has 0 N–H and O–H groups in total. The van der Waals surface area contributed by atoms with Crippen LogP contribution in [-0.2, 0) is 9.53 Å². The van der Waals surface area contributed by atoms with Gasteiger partial charge >= 0.3 is 5.97 Å². The zero-order chi connectivity index (χ0) is 8.91. The minimum Gasteiger partial charge on any atom is -0.466 e. The Bertz CT molecular complexity index is 122. The van der Waals surface area contributed by atoms with Crippen LogP contribution in [0.4, 0.5) is 0 Å². The van der Waals surface area contributed by atoms with E-state index in [9.17, 15) is 4.79 Å². The van der Waals surface area contributed by atoms with Crippen LogP contribution in [0, 0.1) is 5.41 Å². The van der Waals surface area contributed by atoms with Crippen molar-refractivity contribution >= 4 is 5.97 Å². The van der Waals surface area contributed by atoms with Gasteiger partial charge < -0.3 is 4.74 Å². The van der Waals surface area contributed by atoms with Crippen molar-refractivity contribution in [3.8, 4) is 0 Å². The predicted molar refractivity (Wildman–Crippen MR) is 45.3 cm³/mol. The molecule has 0 aromatic heterocycles. The van der Waals surface area contributed by atoms with Gasteiger partial charge in [-0.25, -0.2) is 0 Å². The van der Waals surface area contributed by atoms with Gasteiger partial charge in [-0.3, -0.25) is 4.79 Å². The van der Waals surface area contributed by atoms with Crippen LogP contribution in [0.25, 0.3) is 0 Å². The molecule has 0 atom stereocenters. The van der Waals surface area contributed by atoms with Crippen LogP contribution in [0.1, 0.15) is 40.5 Å². The van der Waals surface area contributed by atoms with E-state index in [0.29, 0.717) is 13.0 Å². The van der Waals surface area contributed by atoms with E-state index in [0.717, 1.165) is 6.42 Å². The minimum absolute atomic E-state index is 0.0465. The van der Waals surface area contributed by atoms with Gasteiger partial charge in [0.05, 0.1) is 13.0 Å². The van der Waals surface area contributed by atoms with Gasteiger partial charge in [-0.05, 0) is 11.8 Å². The van der Waals surface area contributed by atoms with Crippen molar-refractivity contribution in [2.75, 3.05) is 6.61 Å². The zero-order valence-corrected chi connectivity index (χ0v) is 7.94. The molecule has 0 saturated heterocycles. The molecule has 0 spiro atoms. The Labute approximate surface area is 68.9 Å². The van der Waals surface area contributed by atoms with E-state index < -0.39 is 0 Å². The molecule has 0 radical (unpaired) electrons. The van der Waals surface area contributed by atoms with Gasteiger partial charge in [0.15, 0.2) is 0 Å². The monoisotopic (exact) mass is 158 g/mol. The van der Waals surface area contributed by atoms with Gasteiger partial charge in [-0.15, -0.1) is 0 Å². The summed E-state index contributed by atoms with van der Waals surface area (Å²) in [5, 5.41) is 0. The quantitative estimate of drug-likeness (QED) is 0.589. The molecule has 2 nitrogen and oxygen atoms in total. The van der Waals surface area contributed by atoms with Gasteiger partial charge in [0.1, 0.15) is 0 Å². The van der Waals surface area contributed by atoms with Crippen molar-refractivity contribution in [3.05, 3.63) is 0 Å². The molecule has 0 aliphatic rings. The number of carbonyl (C=O) groups is 1. The summed E-state index contributed by atoms with van der Waals surface area (Å²) >= 11 is 0. The fourth-order valence-corrected chi connectivity index (χ4v) is 0.700. The molecule has 0 aliphatic heterocycles. The molecule has 0 heterocycles. The molecule has 0 rings (SSSR count). The zero-order valence-electron chi connectivity index (χ0n) is 7.94. The van der Waals surface area contributed by atoms with Crippen LogP contribution in [0.3, 0.4) is 0 Å². The van der Waals surface area contributed by atoms with Crippen molar-refractivity contribution in [1.82, 2.24) is 0 Å². The molecular formula is C9H18O2. The lowest BCUT2D eigenvalue weighted by Gasteiger charge is -2.16. The molecule has 0 aromatic carbocycles. The highest BCUT2D eigenvalue weighted by molar-refractivity contribution is 5.70. The van der Waals surface area contributed by atoms with Gasteiger partial charge in [-0.2, -0.15) is 0 Å². The first-order valence-corrected chi connectivity index (χ1v) is 4.11. The SMILES string of the molecule is CCCOC(=O)CC(C)(C)C. The summed E-state index contributed by atoms with van der Waals surface area (Å²) < 4.78 is 4.93. The minimum atomic E-state index is -0.0839. The number of hydrogen-bond donors (Lipinski definition) is 0. The first-order chi connectivity index (χ1) is 4.95. The molecular weight excluding hydrogens is 140 g/mol. The van der Waals surface area contributed by atoms with E-state index in [1.807, 2.05) is 27.7 Å². The molecule has 0 bridgehead atoms. The molecule has 0 aromatic rings. The Hall–Kier alpha value is -0.530. The van der Waals surface area contributed by atoms with Gasteiger partial charge in [0.2, 0.25) is 0 Å². The fourth-order valence-electron chi connectivity index (χ4n) is 0.700. The van der Waals surface area contributed by atoms with Crippen LogP contribution in [0.15, 0.2) is 0 Å². The summed E-state index contributed by atoms with van der Waals surface area (Å²) in [6.07, 6.45) is 1.41. The van der Waals surface area contributed by atoms with E-state index in [4.69, 9.17) is 4.74 Å². The predicted octanol–water partition coefficient (Wildman–Crippen LogP) is 2.38. The molecule has 0 fully saturated rings. The Balaban J connectivity index is 3.53. The fraction of sp³-hybridized carbons (Fsp3) is 0.889. The normalized spacial score (nSPS) is 11.3. The highest BCUT2D eigenvalue weighted by atomic mass is 16.5. The Morgan fingerprint density at radius 2 is 1.91 bits per heavy atom. The Kier molecular flexibility index (Phi) is 4.16. The van der Waals surface area contributed by atoms with E-state index >= 15 is 0 Å². The summed E-state index contributed by atoms with van der Waals surface area (Å²) in [4.78, 5) is 11.0. The summed E-state index contributed by atoms with van der Waals surface area (Å²) in [5.41, 5.74) is 0.0465. The van der Waals surface area contributed by atoms with E-state index in [1.54, 1.807) is 0 Å². The van der Waals surface area contributed by atoms with Gasteiger partial charge in [0, 0.05) is 0 Å². The third-order valence-corrected chi connectivity index (χ3v) is 1.14. The summed E-state index contributed by atoms with van der Waals surface area (Å²) in [7, 11) is 0. The topological polar surface area (TPSA) is 26.3 Å². The highest BCUT2D eigenvalue weighted by Gasteiger charge is 2.16. The van der Waals surface area contributed by atoms with Crippen molar-refractivity contribution in [2.24, 2.45) is 5.41 Å². The van der Waals surface area contributed by atoms with Crippen molar-refractivity contribution in [3.63, 3.8) is 0 Å². The maximum absolute atomic E-state index is 11.0. The maximum atomic E-state index is 11.0.